The smallest absolute Gasteiger partial charge is 0.251 e. The predicted molar refractivity (Wildman–Crippen MR) is 89.7 cm³/mol. The Morgan fingerprint density at radius 2 is 1.83 bits per heavy atom. The Kier molecular flexibility index (Phi) is 6.05. The first-order chi connectivity index (χ1) is 11.4. The molecule has 2 aromatic rings. The van der Waals surface area contributed by atoms with E-state index in [-0.39, 0.29) is 22.2 Å². The maximum atomic E-state index is 12.8. The van der Waals surface area contributed by atoms with Crippen molar-refractivity contribution in [2.75, 3.05) is 13.6 Å². The van der Waals surface area contributed by atoms with Crippen LogP contribution in [0.1, 0.15) is 22.3 Å². The molecule has 0 aliphatic rings. The molecule has 0 aromatic heterocycles. The monoisotopic (exact) mass is 350 g/mol. The lowest BCUT2D eigenvalue weighted by atomic mass is 10.1. The van der Waals surface area contributed by atoms with Crippen LogP contribution in [-0.2, 0) is 16.4 Å². The molecule has 0 unspecified atom stereocenters. The number of hydrogen-bond donors (Lipinski definition) is 2. The Bertz CT molecular complexity index is 805. The van der Waals surface area contributed by atoms with Crippen LogP contribution in [0, 0.1) is 5.82 Å². The van der Waals surface area contributed by atoms with Crippen LogP contribution in [-0.4, -0.2) is 27.9 Å². The number of sulfonamides is 1. The van der Waals surface area contributed by atoms with Crippen molar-refractivity contribution in [3.05, 3.63) is 65.5 Å². The summed E-state index contributed by atoms with van der Waals surface area (Å²) in [6, 6.07) is 12.1. The fourth-order valence-corrected chi connectivity index (χ4v) is 2.95. The van der Waals surface area contributed by atoms with Gasteiger partial charge in [0.05, 0.1) is 4.90 Å². The molecule has 0 atom stereocenters. The van der Waals surface area contributed by atoms with Gasteiger partial charge in [-0.3, -0.25) is 4.79 Å². The van der Waals surface area contributed by atoms with Crippen LogP contribution in [0.25, 0.3) is 0 Å². The van der Waals surface area contributed by atoms with Crippen molar-refractivity contribution in [1.82, 2.24) is 10.0 Å². The molecule has 0 saturated heterocycles. The van der Waals surface area contributed by atoms with Crippen molar-refractivity contribution >= 4 is 15.9 Å². The highest BCUT2D eigenvalue weighted by Gasteiger charge is 2.13. The Balaban J connectivity index is 1.89. The highest BCUT2D eigenvalue weighted by molar-refractivity contribution is 7.89. The summed E-state index contributed by atoms with van der Waals surface area (Å²) in [6.07, 6.45) is 1.42. The van der Waals surface area contributed by atoms with Gasteiger partial charge in [0, 0.05) is 12.1 Å². The summed E-state index contributed by atoms with van der Waals surface area (Å²) in [5.74, 6) is -0.606. The minimum absolute atomic E-state index is 0.0453. The van der Waals surface area contributed by atoms with E-state index >= 15 is 0 Å². The van der Waals surface area contributed by atoms with Crippen molar-refractivity contribution in [2.45, 2.75) is 17.7 Å². The lowest BCUT2D eigenvalue weighted by Crippen LogP contribution is -2.25. The van der Waals surface area contributed by atoms with Crippen molar-refractivity contribution in [3.63, 3.8) is 0 Å². The highest BCUT2D eigenvalue weighted by atomic mass is 32.2. The maximum Gasteiger partial charge on any atom is 0.251 e. The van der Waals surface area contributed by atoms with E-state index in [4.69, 9.17) is 0 Å². The average Bonchev–Trinajstić information content (AvgIpc) is 2.60. The summed E-state index contributed by atoms with van der Waals surface area (Å²) in [6.45, 7) is 0.444. The summed E-state index contributed by atoms with van der Waals surface area (Å²) < 4.78 is 38.5. The van der Waals surface area contributed by atoms with Crippen LogP contribution in [0.4, 0.5) is 4.39 Å². The lowest BCUT2D eigenvalue weighted by molar-refractivity contribution is 0.0953. The van der Waals surface area contributed by atoms with Gasteiger partial charge in [0.2, 0.25) is 10.0 Å². The third-order valence-corrected chi connectivity index (χ3v) is 4.93. The Labute approximate surface area is 141 Å². The molecule has 0 saturated carbocycles. The van der Waals surface area contributed by atoms with E-state index in [0.717, 1.165) is 5.56 Å². The average molecular weight is 350 g/mol. The second-order valence-electron chi connectivity index (χ2n) is 5.22. The second kappa shape index (κ2) is 8.03. The normalized spacial score (nSPS) is 11.2. The van der Waals surface area contributed by atoms with Gasteiger partial charge in [-0.25, -0.2) is 17.5 Å². The summed E-state index contributed by atoms with van der Waals surface area (Å²) in [4.78, 5) is 12.1. The van der Waals surface area contributed by atoms with Crippen LogP contribution < -0.4 is 10.0 Å². The van der Waals surface area contributed by atoms with Crippen LogP contribution in [0.5, 0.6) is 0 Å². The standard InChI is InChI=1S/C17H19FN2O3S/c1-19-24(22,23)16-6-2-5-14(12-16)17(21)20-11-3-4-13-7-9-15(18)10-8-13/h2,5-10,12,19H,3-4,11H2,1H3,(H,20,21). The molecule has 5 nitrogen and oxygen atoms in total. The molecule has 0 heterocycles. The van der Waals surface area contributed by atoms with Gasteiger partial charge < -0.3 is 5.32 Å². The van der Waals surface area contributed by atoms with E-state index in [1.807, 2.05) is 0 Å². The van der Waals surface area contributed by atoms with Crippen molar-refractivity contribution in [3.8, 4) is 0 Å². The fourth-order valence-electron chi connectivity index (χ4n) is 2.17. The van der Waals surface area contributed by atoms with Crippen molar-refractivity contribution in [2.24, 2.45) is 0 Å². The molecule has 0 fully saturated rings. The molecule has 2 rings (SSSR count). The molecule has 0 radical (unpaired) electrons. The summed E-state index contributed by atoms with van der Waals surface area (Å²) in [5, 5.41) is 2.75. The minimum Gasteiger partial charge on any atom is -0.352 e. The maximum absolute atomic E-state index is 12.8. The van der Waals surface area contributed by atoms with Gasteiger partial charge in [0.15, 0.2) is 0 Å². The number of benzene rings is 2. The molecular formula is C17H19FN2O3S. The zero-order chi connectivity index (χ0) is 17.6. The van der Waals surface area contributed by atoms with E-state index in [1.165, 1.54) is 37.4 Å². The van der Waals surface area contributed by atoms with Crippen LogP contribution in [0.3, 0.4) is 0 Å². The molecule has 7 heteroatoms. The van der Waals surface area contributed by atoms with Crippen LogP contribution in [0.2, 0.25) is 0 Å². The lowest BCUT2D eigenvalue weighted by Gasteiger charge is -2.07. The zero-order valence-corrected chi connectivity index (χ0v) is 14.1. The SMILES string of the molecule is CNS(=O)(=O)c1cccc(C(=O)NCCCc2ccc(F)cc2)c1. The highest BCUT2D eigenvalue weighted by Crippen LogP contribution is 2.11. The summed E-state index contributed by atoms with van der Waals surface area (Å²) >= 11 is 0. The second-order valence-corrected chi connectivity index (χ2v) is 7.11. The number of carbonyl (C=O) groups excluding carboxylic acids is 1. The molecule has 2 aromatic carbocycles. The number of carbonyl (C=O) groups is 1. The first kappa shape index (κ1) is 18.1. The largest absolute Gasteiger partial charge is 0.352 e. The van der Waals surface area contributed by atoms with Gasteiger partial charge >= 0.3 is 0 Å². The van der Waals surface area contributed by atoms with E-state index in [0.29, 0.717) is 19.4 Å². The number of aryl methyl sites for hydroxylation is 1. The minimum atomic E-state index is -3.58. The quantitative estimate of drug-likeness (QED) is 0.751. The number of nitrogens with one attached hydrogen (secondary N) is 2. The number of hydrogen-bond acceptors (Lipinski definition) is 3. The predicted octanol–water partition coefficient (Wildman–Crippen LogP) is 2.10. The molecule has 2 N–H and O–H groups in total. The van der Waals surface area contributed by atoms with Crippen molar-refractivity contribution in [1.29, 1.82) is 0 Å². The summed E-state index contributed by atoms with van der Waals surface area (Å²) in [5.41, 5.74) is 1.28. The molecule has 0 spiro atoms. The molecule has 1 amide bonds. The number of halogens is 1. The summed E-state index contributed by atoms with van der Waals surface area (Å²) in [7, 11) is -2.26. The first-order valence-electron chi connectivity index (χ1n) is 7.48. The van der Waals surface area contributed by atoms with Crippen LogP contribution >= 0.6 is 0 Å². The van der Waals surface area contributed by atoms with Gasteiger partial charge in [0.1, 0.15) is 5.82 Å². The number of amides is 1. The Morgan fingerprint density at radius 3 is 2.50 bits per heavy atom. The first-order valence-corrected chi connectivity index (χ1v) is 8.97. The van der Waals surface area contributed by atoms with E-state index in [2.05, 4.69) is 10.0 Å². The molecular weight excluding hydrogens is 331 g/mol. The molecule has 0 aliphatic heterocycles. The molecule has 0 bridgehead atoms. The van der Waals surface area contributed by atoms with Gasteiger partial charge in [-0.05, 0) is 55.8 Å². The van der Waals surface area contributed by atoms with Gasteiger partial charge in [-0.2, -0.15) is 0 Å². The molecule has 128 valence electrons. The van der Waals surface area contributed by atoms with Gasteiger partial charge in [0.25, 0.3) is 5.91 Å². The fraction of sp³-hybridized carbons (Fsp3) is 0.235. The van der Waals surface area contributed by atoms with E-state index in [1.54, 1.807) is 18.2 Å². The third-order valence-electron chi connectivity index (χ3n) is 3.52. The van der Waals surface area contributed by atoms with E-state index in [9.17, 15) is 17.6 Å². The Morgan fingerprint density at radius 1 is 1.12 bits per heavy atom. The molecule has 24 heavy (non-hydrogen) atoms. The van der Waals surface area contributed by atoms with Crippen molar-refractivity contribution < 1.29 is 17.6 Å². The third kappa shape index (κ3) is 4.87. The van der Waals surface area contributed by atoms with Gasteiger partial charge in [-0.15, -0.1) is 0 Å². The molecule has 0 aliphatic carbocycles. The zero-order valence-electron chi connectivity index (χ0n) is 13.3. The number of rotatable bonds is 7. The Hall–Kier alpha value is -2.25. The van der Waals surface area contributed by atoms with Gasteiger partial charge in [-0.1, -0.05) is 18.2 Å². The van der Waals surface area contributed by atoms with E-state index < -0.39 is 10.0 Å². The topological polar surface area (TPSA) is 75.3 Å². The van der Waals surface area contributed by atoms with Crippen LogP contribution in [0.15, 0.2) is 53.4 Å².